The van der Waals surface area contributed by atoms with Crippen LogP contribution in [-0.4, -0.2) is 37.9 Å². The lowest BCUT2D eigenvalue weighted by molar-refractivity contribution is -0.122. The van der Waals surface area contributed by atoms with Gasteiger partial charge in [0.05, 0.1) is 30.6 Å². The smallest absolute Gasteiger partial charge is 0.278 e. The molecule has 0 aromatic heterocycles. The fourth-order valence-electron chi connectivity index (χ4n) is 2.03. The minimum absolute atomic E-state index is 0.0722. The standard InChI is InChI=1S/C14H17ClF2N2O2/c1-9-6-21-12-4-3-10(18-8-14(16,17)7-15)5-11(12)19(2)13(9)20/h3-5,9,18H,6-8H2,1-2H3. The van der Waals surface area contributed by atoms with Crippen molar-refractivity contribution in [2.24, 2.45) is 5.92 Å². The first-order valence-corrected chi connectivity index (χ1v) is 7.09. The molecule has 0 bridgehead atoms. The maximum absolute atomic E-state index is 13.1. The topological polar surface area (TPSA) is 41.6 Å². The molecule has 0 radical (unpaired) electrons. The molecular weight excluding hydrogens is 302 g/mol. The molecule has 1 aliphatic heterocycles. The average Bonchev–Trinajstić information content (AvgIpc) is 2.58. The van der Waals surface area contributed by atoms with Gasteiger partial charge in [-0.2, -0.15) is 0 Å². The molecule has 2 rings (SSSR count). The molecule has 21 heavy (non-hydrogen) atoms. The summed E-state index contributed by atoms with van der Waals surface area (Å²) in [5.74, 6) is -3.49. The van der Waals surface area contributed by atoms with Crippen molar-refractivity contribution >= 4 is 28.9 Å². The van der Waals surface area contributed by atoms with Crippen LogP contribution in [0.4, 0.5) is 20.2 Å². The van der Waals surface area contributed by atoms with E-state index in [0.717, 1.165) is 0 Å². The minimum atomic E-state index is -2.99. The second-order valence-electron chi connectivity index (χ2n) is 5.13. The number of ether oxygens (including phenoxy) is 1. The molecule has 1 aromatic rings. The lowest BCUT2D eigenvalue weighted by Crippen LogP contribution is -2.32. The fraction of sp³-hybridized carbons (Fsp3) is 0.500. The first-order chi connectivity index (χ1) is 9.84. The number of hydrogen-bond acceptors (Lipinski definition) is 3. The molecule has 7 heteroatoms. The summed E-state index contributed by atoms with van der Waals surface area (Å²) in [6, 6.07) is 4.92. The van der Waals surface area contributed by atoms with E-state index in [1.165, 1.54) is 4.90 Å². The van der Waals surface area contributed by atoms with Crippen molar-refractivity contribution in [2.75, 3.05) is 36.3 Å². The number of nitrogens with one attached hydrogen (secondary N) is 1. The Morgan fingerprint density at radius 1 is 1.52 bits per heavy atom. The Morgan fingerprint density at radius 3 is 2.90 bits per heavy atom. The predicted octanol–water partition coefficient (Wildman–Crippen LogP) is 2.96. The lowest BCUT2D eigenvalue weighted by Gasteiger charge is -2.20. The molecule has 116 valence electrons. The van der Waals surface area contributed by atoms with Crippen LogP contribution in [-0.2, 0) is 4.79 Å². The number of anilines is 2. The highest BCUT2D eigenvalue weighted by molar-refractivity contribution is 6.18. The largest absolute Gasteiger partial charge is 0.491 e. The number of carbonyl (C=O) groups is 1. The van der Waals surface area contributed by atoms with E-state index in [9.17, 15) is 13.6 Å². The number of rotatable bonds is 4. The molecule has 1 atom stereocenters. The van der Waals surface area contributed by atoms with Crippen LogP contribution < -0.4 is 15.0 Å². The van der Waals surface area contributed by atoms with E-state index < -0.39 is 18.3 Å². The number of carbonyl (C=O) groups excluding carboxylic acids is 1. The van der Waals surface area contributed by atoms with E-state index in [-0.39, 0.29) is 11.8 Å². The van der Waals surface area contributed by atoms with Crippen molar-refractivity contribution in [2.45, 2.75) is 12.8 Å². The van der Waals surface area contributed by atoms with Gasteiger partial charge < -0.3 is 15.0 Å². The van der Waals surface area contributed by atoms with Crippen LogP contribution in [0.5, 0.6) is 5.75 Å². The quantitative estimate of drug-likeness (QED) is 0.868. The zero-order chi connectivity index (χ0) is 15.6. The molecule has 0 spiro atoms. The highest BCUT2D eigenvalue weighted by Crippen LogP contribution is 2.34. The summed E-state index contributed by atoms with van der Waals surface area (Å²) in [4.78, 5) is 13.6. The number of halogens is 3. The van der Waals surface area contributed by atoms with Crippen molar-refractivity contribution in [3.05, 3.63) is 18.2 Å². The number of hydrogen-bond donors (Lipinski definition) is 1. The molecule has 0 saturated carbocycles. The van der Waals surface area contributed by atoms with Crippen molar-refractivity contribution < 1.29 is 18.3 Å². The van der Waals surface area contributed by atoms with Crippen LogP contribution in [0.2, 0.25) is 0 Å². The van der Waals surface area contributed by atoms with Crippen LogP contribution in [0, 0.1) is 5.92 Å². The third-order valence-corrected chi connectivity index (χ3v) is 3.70. The summed E-state index contributed by atoms with van der Waals surface area (Å²) in [5, 5.41) is 2.63. The maximum Gasteiger partial charge on any atom is 0.278 e. The monoisotopic (exact) mass is 318 g/mol. The van der Waals surface area contributed by atoms with Crippen LogP contribution >= 0.6 is 11.6 Å². The summed E-state index contributed by atoms with van der Waals surface area (Å²) in [6.07, 6.45) is 0. The van der Waals surface area contributed by atoms with Gasteiger partial charge in [-0.05, 0) is 18.2 Å². The third-order valence-electron chi connectivity index (χ3n) is 3.31. The van der Waals surface area contributed by atoms with Crippen molar-refractivity contribution in [1.82, 2.24) is 0 Å². The van der Waals surface area contributed by atoms with Crippen LogP contribution in [0.3, 0.4) is 0 Å². The Labute approximate surface area is 127 Å². The Kier molecular flexibility index (Phi) is 4.56. The maximum atomic E-state index is 13.1. The normalized spacial score (nSPS) is 18.8. The van der Waals surface area contributed by atoms with Crippen molar-refractivity contribution in [3.8, 4) is 5.75 Å². The van der Waals surface area contributed by atoms with Gasteiger partial charge in [-0.15, -0.1) is 11.6 Å². The third kappa shape index (κ3) is 3.56. The highest BCUT2D eigenvalue weighted by atomic mass is 35.5. The molecule has 1 unspecified atom stereocenters. The van der Waals surface area contributed by atoms with Gasteiger partial charge in [-0.1, -0.05) is 6.92 Å². The van der Waals surface area contributed by atoms with E-state index in [1.807, 2.05) is 0 Å². The number of amides is 1. The van der Waals surface area contributed by atoms with E-state index in [2.05, 4.69) is 5.32 Å². The Balaban J connectivity index is 2.20. The second-order valence-corrected chi connectivity index (χ2v) is 5.40. The summed E-state index contributed by atoms with van der Waals surface area (Å²) in [6.45, 7) is 1.52. The highest BCUT2D eigenvalue weighted by Gasteiger charge is 2.28. The van der Waals surface area contributed by atoms with Gasteiger partial charge in [0, 0.05) is 12.7 Å². The molecule has 0 saturated heterocycles. The van der Waals surface area contributed by atoms with Gasteiger partial charge in [-0.3, -0.25) is 4.79 Å². The first kappa shape index (κ1) is 15.8. The van der Waals surface area contributed by atoms with Crippen LogP contribution in [0.25, 0.3) is 0 Å². The molecule has 0 fully saturated rings. The number of fused-ring (bicyclic) bond motifs is 1. The summed E-state index contributed by atoms with van der Waals surface area (Å²) in [5.41, 5.74) is 1.04. The lowest BCUT2D eigenvalue weighted by atomic mass is 10.1. The predicted molar refractivity (Wildman–Crippen MR) is 78.7 cm³/mol. The van der Waals surface area contributed by atoms with Gasteiger partial charge in [0.2, 0.25) is 5.91 Å². The average molecular weight is 319 g/mol. The van der Waals surface area contributed by atoms with Gasteiger partial charge in [0.25, 0.3) is 5.92 Å². The number of nitrogens with zero attached hydrogens (tertiary/aromatic N) is 1. The van der Waals surface area contributed by atoms with E-state index >= 15 is 0 Å². The number of alkyl halides is 3. The Hall–Kier alpha value is -1.56. The fourth-order valence-corrected chi connectivity index (χ4v) is 2.12. The first-order valence-electron chi connectivity index (χ1n) is 6.56. The van der Waals surface area contributed by atoms with Gasteiger partial charge in [0.1, 0.15) is 5.75 Å². The van der Waals surface area contributed by atoms with Crippen LogP contribution in [0.1, 0.15) is 6.92 Å². The zero-order valence-corrected chi connectivity index (χ0v) is 12.6. The Bertz CT molecular complexity index is 540. The molecule has 1 amide bonds. The SMILES string of the molecule is CC1COc2ccc(NCC(F)(F)CCl)cc2N(C)C1=O. The molecule has 1 aromatic carbocycles. The minimum Gasteiger partial charge on any atom is -0.491 e. The molecule has 1 N–H and O–H groups in total. The summed E-state index contributed by atoms with van der Waals surface area (Å²) < 4.78 is 31.9. The van der Waals surface area contributed by atoms with Gasteiger partial charge >= 0.3 is 0 Å². The molecule has 4 nitrogen and oxygen atoms in total. The Morgan fingerprint density at radius 2 is 2.24 bits per heavy atom. The van der Waals surface area contributed by atoms with Crippen molar-refractivity contribution in [1.29, 1.82) is 0 Å². The number of benzene rings is 1. The molecular formula is C14H17ClF2N2O2. The zero-order valence-electron chi connectivity index (χ0n) is 11.8. The molecule has 1 heterocycles. The summed E-state index contributed by atoms with van der Waals surface area (Å²) in [7, 11) is 1.64. The molecule has 0 aliphatic carbocycles. The van der Waals surface area contributed by atoms with E-state index in [4.69, 9.17) is 16.3 Å². The van der Waals surface area contributed by atoms with Crippen LogP contribution in [0.15, 0.2) is 18.2 Å². The van der Waals surface area contributed by atoms with E-state index in [0.29, 0.717) is 23.7 Å². The molecule has 1 aliphatic rings. The van der Waals surface area contributed by atoms with Gasteiger partial charge in [0.15, 0.2) is 0 Å². The van der Waals surface area contributed by atoms with Crippen molar-refractivity contribution in [3.63, 3.8) is 0 Å². The second kappa shape index (κ2) is 6.05. The van der Waals surface area contributed by atoms with E-state index in [1.54, 1.807) is 32.2 Å². The summed E-state index contributed by atoms with van der Waals surface area (Å²) >= 11 is 5.19. The van der Waals surface area contributed by atoms with Gasteiger partial charge in [-0.25, -0.2) is 8.78 Å².